The summed E-state index contributed by atoms with van der Waals surface area (Å²) in [6, 6.07) is 4.66. The molecule has 1 fully saturated rings. The highest BCUT2D eigenvalue weighted by atomic mass is 16.5. The molecule has 1 saturated heterocycles. The summed E-state index contributed by atoms with van der Waals surface area (Å²) in [4.78, 5) is 15.6. The predicted octanol–water partition coefficient (Wildman–Crippen LogP) is 6.11. The lowest BCUT2D eigenvalue weighted by molar-refractivity contribution is -0.945. The number of amides is 2. The molecule has 2 N–H and O–H groups in total. The van der Waals surface area contributed by atoms with Crippen molar-refractivity contribution in [2.45, 2.75) is 114 Å². The zero-order valence-electron chi connectivity index (χ0n) is 26.3. The van der Waals surface area contributed by atoms with Gasteiger partial charge in [-0.25, -0.2) is 9.39 Å². The lowest BCUT2D eigenvalue weighted by Gasteiger charge is -2.57. The number of likely N-dealkylation sites (N-methyl/N-ethyl adjacent to an activating group) is 2. The fourth-order valence-corrected chi connectivity index (χ4v) is 8.30. The van der Waals surface area contributed by atoms with E-state index in [1.54, 1.807) is 7.11 Å². The molecule has 0 saturated carbocycles. The van der Waals surface area contributed by atoms with E-state index in [0.29, 0.717) is 16.6 Å². The van der Waals surface area contributed by atoms with E-state index in [2.05, 4.69) is 68.0 Å². The number of ether oxygens (including phenoxy) is 2. The molecule has 1 aromatic carbocycles. The second kappa shape index (κ2) is 12.9. The van der Waals surface area contributed by atoms with Crippen molar-refractivity contribution in [1.82, 2.24) is 15.6 Å². The molecule has 2 amide bonds. The number of carbonyl (C=O) groups excluding carboxylic acids is 1. The Kier molecular flexibility index (Phi) is 9.54. The number of hydrogen-bond donors (Lipinski definition) is 2. The number of quaternary nitrogens is 1. The highest BCUT2D eigenvalue weighted by Crippen LogP contribution is 2.61. The largest absolute Gasteiger partial charge is 0.497 e. The van der Waals surface area contributed by atoms with Crippen LogP contribution in [0.4, 0.5) is 4.79 Å². The molecule has 5 atom stereocenters. The number of carbonyl (C=O) groups is 1. The smallest absolute Gasteiger partial charge is 0.359 e. The van der Waals surface area contributed by atoms with Gasteiger partial charge in [-0.05, 0) is 50.6 Å². The maximum absolute atomic E-state index is 13.0. The summed E-state index contributed by atoms with van der Waals surface area (Å²) < 4.78 is 12.9. The summed E-state index contributed by atoms with van der Waals surface area (Å²) >= 11 is 0. The standard InChI is InChI=1S/C34H54N4O3/c1-6-7-8-9-10-11-12-13-14-15-16-20-35-33(39)36-38(3,4)29-18-17-27-28-23-25-22-26(40-5)24-30-31(25)34(27,32(29)41-30)19-21-37(28)2/h17-18,22,24,27-29,32H,6-16,19-21,23H2,1-5H3,(H-,35,36,39)/p+1. The van der Waals surface area contributed by atoms with Gasteiger partial charge in [0.05, 0.1) is 26.6 Å². The minimum Gasteiger partial charge on any atom is -0.497 e. The minimum absolute atomic E-state index is 0.00683. The third kappa shape index (κ3) is 5.99. The summed E-state index contributed by atoms with van der Waals surface area (Å²) in [6.45, 7) is 4.06. The highest BCUT2D eigenvalue weighted by molar-refractivity contribution is 5.72. The van der Waals surface area contributed by atoms with Crippen molar-refractivity contribution in [3.05, 3.63) is 35.4 Å². The number of likely N-dealkylation sites (tertiary alicyclic amines) is 1. The maximum Gasteiger partial charge on any atom is 0.359 e. The van der Waals surface area contributed by atoms with Crippen LogP contribution in [0.5, 0.6) is 11.5 Å². The molecule has 41 heavy (non-hydrogen) atoms. The second-order valence-corrected chi connectivity index (χ2v) is 13.6. The molecular weight excluding hydrogens is 512 g/mol. The number of methoxy groups -OCH3 is 1. The lowest BCUT2D eigenvalue weighted by Crippen LogP contribution is -2.72. The minimum atomic E-state index is -0.0992. The van der Waals surface area contributed by atoms with Crippen LogP contribution in [0.2, 0.25) is 0 Å². The van der Waals surface area contributed by atoms with Crippen molar-refractivity contribution < 1.29 is 18.9 Å². The summed E-state index contributed by atoms with van der Waals surface area (Å²) in [5.74, 6) is 2.26. The molecule has 4 aliphatic rings. The van der Waals surface area contributed by atoms with Gasteiger partial charge in [0.1, 0.15) is 11.5 Å². The van der Waals surface area contributed by atoms with E-state index in [1.807, 2.05) is 0 Å². The molecule has 5 rings (SSSR count). The summed E-state index contributed by atoms with van der Waals surface area (Å²) in [5, 5.41) is 3.12. The van der Waals surface area contributed by atoms with E-state index in [-0.39, 0.29) is 23.6 Å². The van der Waals surface area contributed by atoms with E-state index < -0.39 is 0 Å². The van der Waals surface area contributed by atoms with Crippen molar-refractivity contribution in [3.63, 3.8) is 0 Å². The number of nitrogens with zero attached hydrogens (tertiary/aromatic N) is 2. The number of nitrogens with one attached hydrogen (secondary N) is 2. The van der Waals surface area contributed by atoms with Gasteiger partial charge in [-0.1, -0.05) is 77.2 Å². The van der Waals surface area contributed by atoms with Crippen LogP contribution < -0.4 is 20.2 Å². The van der Waals surface area contributed by atoms with Gasteiger partial charge in [0.25, 0.3) is 0 Å². The molecule has 2 aliphatic heterocycles. The van der Waals surface area contributed by atoms with Crippen molar-refractivity contribution in [3.8, 4) is 11.5 Å². The number of urea groups is 1. The van der Waals surface area contributed by atoms with Gasteiger partial charge in [-0.15, -0.1) is 0 Å². The van der Waals surface area contributed by atoms with Crippen LogP contribution in [0, 0.1) is 5.92 Å². The fraction of sp³-hybridized carbons (Fsp3) is 0.735. The maximum atomic E-state index is 13.0. The molecule has 7 heteroatoms. The Balaban J connectivity index is 1.14. The van der Waals surface area contributed by atoms with Crippen LogP contribution in [0.1, 0.15) is 95.1 Å². The Morgan fingerprint density at radius 2 is 1.73 bits per heavy atom. The predicted molar refractivity (Wildman–Crippen MR) is 165 cm³/mol. The van der Waals surface area contributed by atoms with E-state index in [1.165, 1.54) is 75.3 Å². The average molecular weight is 568 g/mol. The van der Waals surface area contributed by atoms with Gasteiger partial charge in [0.15, 0.2) is 12.1 Å². The van der Waals surface area contributed by atoms with Crippen LogP contribution in [0.25, 0.3) is 0 Å². The molecule has 0 radical (unpaired) electrons. The quantitative estimate of drug-likeness (QED) is 0.116. The zero-order chi connectivity index (χ0) is 29.0. The van der Waals surface area contributed by atoms with E-state index in [0.717, 1.165) is 43.9 Å². The average Bonchev–Trinajstić information content (AvgIpc) is 3.28. The first-order valence-electron chi connectivity index (χ1n) is 16.5. The van der Waals surface area contributed by atoms with Gasteiger partial charge in [-0.3, -0.25) is 0 Å². The first kappa shape index (κ1) is 30.2. The van der Waals surface area contributed by atoms with Gasteiger partial charge in [-0.2, -0.15) is 5.43 Å². The highest BCUT2D eigenvalue weighted by Gasteiger charge is 2.66. The van der Waals surface area contributed by atoms with Crippen LogP contribution >= 0.6 is 0 Å². The van der Waals surface area contributed by atoms with Crippen molar-refractivity contribution >= 4 is 6.03 Å². The van der Waals surface area contributed by atoms with Crippen molar-refractivity contribution in [2.75, 3.05) is 41.3 Å². The SMILES string of the molecule is CCCCCCCCCCCCCNC(=O)N[N+](C)(C)C1C=CC2C3Cc4cc(OC)cc5c4C2(CCN3C)C1O5. The van der Waals surface area contributed by atoms with E-state index in [9.17, 15) is 4.79 Å². The number of benzene rings is 1. The number of unbranched alkanes of at least 4 members (excludes halogenated alkanes) is 10. The zero-order valence-corrected chi connectivity index (χ0v) is 26.3. The van der Waals surface area contributed by atoms with Crippen LogP contribution in [-0.2, 0) is 11.8 Å². The van der Waals surface area contributed by atoms with Crippen LogP contribution in [0.15, 0.2) is 24.3 Å². The number of rotatable bonds is 15. The normalized spacial score (nSPS) is 27.7. The number of hydrogen-bond acceptors (Lipinski definition) is 4. The molecule has 2 heterocycles. The molecule has 7 nitrogen and oxygen atoms in total. The summed E-state index contributed by atoms with van der Waals surface area (Å²) in [5.41, 5.74) is 5.98. The lowest BCUT2D eigenvalue weighted by atomic mass is 9.53. The molecular formula is C34H55N4O3+. The second-order valence-electron chi connectivity index (χ2n) is 13.6. The first-order chi connectivity index (χ1) is 19.8. The third-order valence-corrected chi connectivity index (χ3v) is 10.5. The monoisotopic (exact) mass is 567 g/mol. The molecule has 2 aliphatic carbocycles. The molecule has 5 unspecified atom stereocenters. The van der Waals surface area contributed by atoms with E-state index >= 15 is 0 Å². The fourth-order valence-electron chi connectivity index (χ4n) is 8.30. The Bertz CT molecular complexity index is 1090. The molecule has 1 aromatic rings. The van der Waals surface area contributed by atoms with Gasteiger partial charge >= 0.3 is 6.03 Å². The van der Waals surface area contributed by atoms with Gasteiger partial charge in [0.2, 0.25) is 0 Å². The van der Waals surface area contributed by atoms with Crippen LogP contribution in [0.3, 0.4) is 0 Å². The Labute approximate surface area is 248 Å². The van der Waals surface area contributed by atoms with Gasteiger partial charge < -0.3 is 19.7 Å². The van der Waals surface area contributed by atoms with E-state index in [4.69, 9.17) is 9.47 Å². The first-order valence-corrected chi connectivity index (χ1v) is 16.5. The Hall–Kier alpha value is -2.25. The molecule has 228 valence electrons. The Morgan fingerprint density at radius 1 is 1.05 bits per heavy atom. The molecule has 1 spiro atoms. The number of piperidine rings is 1. The molecule has 0 aromatic heterocycles. The summed E-state index contributed by atoms with van der Waals surface area (Å²) in [7, 11) is 8.18. The van der Waals surface area contributed by atoms with Crippen LogP contribution in [-0.4, -0.2) is 75.1 Å². The topological polar surface area (TPSA) is 62.8 Å². The third-order valence-electron chi connectivity index (χ3n) is 10.5. The summed E-state index contributed by atoms with van der Waals surface area (Å²) in [6.07, 6.45) is 21.2. The van der Waals surface area contributed by atoms with Crippen molar-refractivity contribution in [1.29, 1.82) is 0 Å². The molecule has 2 bridgehead atoms. The Morgan fingerprint density at radius 3 is 2.41 bits per heavy atom. The van der Waals surface area contributed by atoms with Gasteiger partial charge in [0, 0.05) is 30.1 Å². The van der Waals surface area contributed by atoms with Crippen molar-refractivity contribution in [2.24, 2.45) is 5.92 Å².